The molecule has 1 N–H and O–H groups in total. The molecule has 0 spiro atoms. The van der Waals surface area contributed by atoms with Gasteiger partial charge in [-0.15, -0.1) is 6.58 Å². The van der Waals surface area contributed by atoms with E-state index in [-0.39, 0.29) is 5.92 Å². The van der Waals surface area contributed by atoms with Crippen LogP contribution in [0.2, 0.25) is 0 Å². The van der Waals surface area contributed by atoms with Crippen molar-refractivity contribution in [2.75, 3.05) is 0 Å². The van der Waals surface area contributed by atoms with Crippen molar-refractivity contribution in [1.82, 2.24) is 0 Å². The first-order valence-corrected chi connectivity index (χ1v) is 3.91. The smallest absolute Gasteiger partial charge is 0.0932 e. The van der Waals surface area contributed by atoms with Gasteiger partial charge in [0.2, 0.25) is 0 Å². The highest BCUT2D eigenvalue weighted by molar-refractivity contribution is 9.11. The highest BCUT2D eigenvalue weighted by atomic mass is 79.9. The highest BCUT2D eigenvalue weighted by Crippen LogP contribution is 2.28. The Kier molecular flexibility index (Phi) is 2.33. The van der Waals surface area contributed by atoms with Crippen molar-refractivity contribution in [3.8, 4) is 0 Å². The van der Waals surface area contributed by atoms with E-state index in [2.05, 4.69) is 22.5 Å². The van der Waals surface area contributed by atoms with Gasteiger partial charge < -0.3 is 5.11 Å². The topological polar surface area (TPSA) is 20.2 Å². The van der Waals surface area contributed by atoms with Crippen LogP contribution in [0.3, 0.4) is 0 Å². The van der Waals surface area contributed by atoms with Crippen molar-refractivity contribution >= 4 is 15.9 Å². The van der Waals surface area contributed by atoms with Gasteiger partial charge in [0.25, 0.3) is 0 Å². The minimum atomic E-state index is 0.255. The molecule has 1 unspecified atom stereocenters. The standard InChI is InChI=1S/C8H9BrO/c1-2-6-5-7(10)3-4-8(6)9/h2-4,6,10H,1,5H2. The Hall–Kier alpha value is -0.500. The minimum absolute atomic E-state index is 0.255. The molecule has 54 valence electrons. The number of rotatable bonds is 1. The Labute approximate surface area is 68.9 Å². The van der Waals surface area contributed by atoms with Crippen LogP contribution >= 0.6 is 15.9 Å². The molecule has 0 fully saturated rings. The second-order valence-corrected chi connectivity index (χ2v) is 3.17. The Morgan fingerprint density at radius 2 is 2.40 bits per heavy atom. The monoisotopic (exact) mass is 200 g/mol. The number of halogens is 1. The molecule has 0 aromatic rings. The molecular weight excluding hydrogens is 192 g/mol. The maximum absolute atomic E-state index is 9.08. The van der Waals surface area contributed by atoms with Crippen LogP contribution in [0, 0.1) is 5.92 Å². The van der Waals surface area contributed by atoms with Crippen LogP contribution in [-0.2, 0) is 0 Å². The third kappa shape index (κ3) is 1.51. The van der Waals surface area contributed by atoms with Crippen molar-refractivity contribution < 1.29 is 5.11 Å². The zero-order chi connectivity index (χ0) is 7.56. The third-order valence-electron chi connectivity index (χ3n) is 1.50. The van der Waals surface area contributed by atoms with Gasteiger partial charge in [-0.25, -0.2) is 0 Å². The lowest BCUT2D eigenvalue weighted by Gasteiger charge is -2.14. The molecule has 1 nitrogen and oxygen atoms in total. The van der Waals surface area contributed by atoms with Crippen molar-refractivity contribution in [1.29, 1.82) is 0 Å². The number of hydrogen-bond acceptors (Lipinski definition) is 1. The van der Waals surface area contributed by atoms with Gasteiger partial charge in [0.15, 0.2) is 0 Å². The van der Waals surface area contributed by atoms with Gasteiger partial charge in [0.05, 0.1) is 5.76 Å². The van der Waals surface area contributed by atoms with Crippen molar-refractivity contribution in [3.05, 3.63) is 35.0 Å². The first-order chi connectivity index (χ1) is 4.74. The van der Waals surface area contributed by atoms with E-state index in [0.29, 0.717) is 12.2 Å². The lowest BCUT2D eigenvalue weighted by Crippen LogP contribution is -2.01. The van der Waals surface area contributed by atoms with Gasteiger partial charge >= 0.3 is 0 Å². The maximum atomic E-state index is 9.08. The number of aliphatic hydroxyl groups excluding tert-OH is 1. The van der Waals surface area contributed by atoms with Crippen LogP contribution in [-0.4, -0.2) is 5.11 Å². The lowest BCUT2D eigenvalue weighted by molar-refractivity contribution is 0.375. The average molecular weight is 201 g/mol. The molecule has 0 aliphatic heterocycles. The Morgan fingerprint density at radius 1 is 1.70 bits per heavy atom. The van der Waals surface area contributed by atoms with Crippen molar-refractivity contribution in [2.45, 2.75) is 6.42 Å². The fourth-order valence-corrected chi connectivity index (χ4v) is 1.37. The van der Waals surface area contributed by atoms with E-state index in [4.69, 9.17) is 5.11 Å². The van der Waals surface area contributed by atoms with Gasteiger partial charge in [-0.1, -0.05) is 22.0 Å². The summed E-state index contributed by atoms with van der Waals surface area (Å²) in [6, 6.07) is 0. The molecule has 1 aliphatic carbocycles. The first kappa shape index (κ1) is 7.61. The molecule has 1 atom stereocenters. The Balaban J connectivity index is 2.77. The summed E-state index contributed by atoms with van der Waals surface area (Å²) in [5.74, 6) is 0.679. The van der Waals surface area contributed by atoms with Gasteiger partial charge in [0, 0.05) is 16.8 Å². The molecule has 0 aromatic heterocycles. The molecule has 0 amide bonds. The van der Waals surface area contributed by atoms with Crippen LogP contribution in [0.5, 0.6) is 0 Å². The zero-order valence-electron chi connectivity index (χ0n) is 5.55. The average Bonchev–Trinajstić information content (AvgIpc) is 1.94. The van der Waals surface area contributed by atoms with Gasteiger partial charge in [-0.05, 0) is 12.2 Å². The van der Waals surface area contributed by atoms with E-state index in [9.17, 15) is 0 Å². The summed E-state index contributed by atoms with van der Waals surface area (Å²) < 4.78 is 1.08. The van der Waals surface area contributed by atoms with Crippen LogP contribution in [0.15, 0.2) is 35.0 Å². The summed E-state index contributed by atoms with van der Waals surface area (Å²) in [4.78, 5) is 0. The summed E-state index contributed by atoms with van der Waals surface area (Å²) in [6.07, 6.45) is 6.04. The molecule has 0 saturated carbocycles. The fourth-order valence-electron chi connectivity index (χ4n) is 0.886. The second-order valence-electron chi connectivity index (χ2n) is 2.26. The van der Waals surface area contributed by atoms with Crippen LogP contribution < -0.4 is 0 Å². The Morgan fingerprint density at radius 3 is 2.90 bits per heavy atom. The summed E-state index contributed by atoms with van der Waals surface area (Å²) in [5.41, 5.74) is 0. The predicted molar refractivity (Wildman–Crippen MR) is 46.0 cm³/mol. The molecular formula is C8H9BrO. The largest absolute Gasteiger partial charge is 0.512 e. The second kappa shape index (κ2) is 3.06. The lowest BCUT2D eigenvalue weighted by atomic mass is 10.00. The number of aliphatic hydroxyl groups is 1. The molecule has 0 heterocycles. The molecule has 0 saturated heterocycles. The van der Waals surface area contributed by atoms with E-state index in [0.717, 1.165) is 4.48 Å². The van der Waals surface area contributed by atoms with Gasteiger partial charge in [-0.2, -0.15) is 0 Å². The van der Waals surface area contributed by atoms with Crippen molar-refractivity contribution in [2.24, 2.45) is 5.92 Å². The molecule has 1 aliphatic rings. The van der Waals surface area contributed by atoms with E-state index in [1.165, 1.54) is 0 Å². The van der Waals surface area contributed by atoms with E-state index in [1.807, 2.05) is 12.2 Å². The molecule has 2 heteroatoms. The van der Waals surface area contributed by atoms with Crippen molar-refractivity contribution in [3.63, 3.8) is 0 Å². The first-order valence-electron chi connectivity index (χ1n) is 3.12. The SMILES string of the molecule is C=CC1CC(O)=CC=C1Br. The van der Waals surface area contributed by atoms with Crippen LogP contribution in [0.4, 0.5) is 0 Å². The number of hydrogen-bond donors (Lipinski definition) is 1. The molecule has 10 heavy (non-hydrogen) atoms. The quantitative estimate of drug-likeness (QED) is 0.646. The Bertz CT molecular complexity index is 203. The fraction of sp³-hybridized carbons (Fsp3) is 0.250. The maximum Gasteiger partial charge on any atom is 0.0932 e. The van der Waals surface area contributed by atoms with E-state index in [1.54, 1.807) is 6.08 Å². The van der Waals surface area contributed by atoms with Gasteiger partial charge in [-0.3, -0.25) is 0 Å². The zero-order valence-corrected chi connectivity index (χ0v) is 7.13. The summed E-state index contributed by atoms with van der Waals surface area (Å²) >= 11 is 3.38. The minimum Gasteiger partial charge on any atom is -0.512 e. The van der Waals surface area contributed by atoms with Crippen LogP contribution in [0.25, 0.3) is 0 Å². The molecule has 0 bridgehead atoms. The molecule has 0 aromatic carbocycles. The molecule has 1 rings (SSSR count). The van der Waals surface area contributed by atoms with E-state index >= 15 is 0 Å². The summed E-state index contributed by atoms with van der Waals surface area (Å²) in [5, 5.41) is 9.08. The molecule has 0 radical (unpaired) electrons. The summed E-state index contributed by atoms with van der Waals surface area (Å²) in [7, 11) is 0. The predicted octanol–water partition coefficient (Wildman–Crippen LogP) is 2.91. The number of allylic oxidation sites excluding steroid dienone is 5. The third-order valence-corrected chi connectivity index (χ3v) is 2.36. The van der Waals surface area contributed by atoms with Crippen LogP contribution in [0.1, 0.15) is 6.42 Å². The van der Waals surface area contributed by atoms with E-state index < -0.39 is 0 Å². The normalized spacial score (nSPS) is 25.1. The summed E-state index contributed by atoms with van der Waals surface area (Å²) in [6.45, 7) is 3.66. The van der Waals surface area contributed by atoms with Gasteiger partial charge in [0.1, 0.15) is 0 Å². The highest BCUT2D eigenvalue weighted by Gasteiger charge is 2.12.